The molecule has 7 heteroatoms. The van der Waals surface area contributed by atoms with E-state index in [-0.39, 0.29) is 11.8 Å². The van der Waals surface area contributed by atoms with Gasteiger partial charge in [0.2, 0.25) is 10.0 Å². The van der Waals surface area contributed by atoms with Gasteiger partial charge < -0.3 is 10.2 Å². The van der Waals surface area contributed by atoms with Gasteiger partial charge in [0.15, 0.2) is 5.96 Å². The Morgan fingerprint density at radius 2 is 1.93 bits per heavy atom. The largest absolute Gasteiger partial charge is 0.357 e. The maximum atomic E-state index is 12.3. The number of aliphatic imine (C=N–C) groups is 1. The summed E-state index contributed by atoms with van der Waals surface area (Å²) in [5, 5.41) is 3.37. The minimum absolute atomic E-state index is 0.0237. The van der Waals surface area contributed by atoms with Crippen LogP contribution in [0.5, 0.6) is 0 Å². The van der Waals surface area contributed by atoms with E-state index in [4.69, 9.17) is 4.99 Å². The molecule has 0 amide bonds. The van der Waals surface area contributed by atoms with Gasteiger partial charge in [-0.15, -0.1) is 0 Å². The first kappa shape index (κ1) is 21.7. The van der Waals surface area contributed by atoms with Gasteiger partial charge in [0.05, 0.1) is 12.3 Å². The lowest BCUT2D eigenvalue weighted by atomic mass is 9.93. The molecule has 1 aromatic carbocycles. The topological polar surface area (TPSA) is 73.8 Å². The second kappa shape index (κ2) is 9.06. The summed E-state index contributed by atoms with van der Waals surface area (Å²) in [5.41, 5.74) is 2.04. The maximum Gasteiger partial charge on any atom is 0.216 e. The maximum absolute atomic E-state index is 12.3. The third-order valence-corrected chi connectivity index (χ3v) is 6.11. The highest BCUT2D eigenvalue weighted by molar-refractivity contribution is 7.88. The van der Waals surface area contributed by atoms with Crippen molar-refractivity contribution in [2.24, 2.45) is 10.4 Å². The quantitative estimate of drug-likeness (QED) is 0.551. The standard InChI is InChI=1S/C20H34N4O2S/c1-6-21-19(24-12-11-20(4,5)15-24)22-13-17-9-7-8-10-18(17)14-27(25,26)23-16(2)3/h7-10,16,23H,6,11-15H2,1-5H3,(H,21,22). The van der Waals surface area contributed by atoms with Crippen LogP contribution in [0.4, 0.5) is 0 Å². The Labute approximate surface area is 164 Å². The van der Waals surface area contributed by atoms with Crippen LogP contribution in [0.25, 0.3) is 0 Å². The normalized spacial score (nSPS) is 17.6. The fourth-order valence-electron chi connectivity index (χ4n) is 3.34. The Morgan fingerprint density at radius 3 is 2.48 bits per heavy atom. The smallest absolute Gasteiger partial charge is 0.216 e. The molecule has 0 spiro atoms. The van der Waals surface area contributed by atoms with Crippen LogP contribution in [0.15, 0.2) is 29.3 Å². The molecule has 0 aliphatic carbocycles. The number of hydrogen-bond acceptors (Lipinski definition) is 3. The third-order valence-electron chi connectivity index (χ3n) is 4.59. The fraction of sp³-hybridized carbons (Fsp3) is 0.650. The van der Waals surface area contributed by atoms with E-state index < -0.39 is 10.0 Å². The molecule has 2 N–H and O–H groups in total. The SMILES string of the molecule is CCNC(=NCc1ccccc1CS(=O)(=O)NC(C)C)N1CCC(C)(C)C1. The number of nitrogens with zero attached hydrogens (tertiary/aromatic N) is 2. The molecule has 1 saturated heterocycles. The number of rotatable bonds is 7. The Morgan fingerprint density at radius 1 is 1.26 bits per heavy atom. The fourth-order valence-corrected chi connectivity index (χ4v) is 4.83. The molecule has 0 unspecified atom stereocenters. The summed E-state index contributed by atoms with van der Waals surface area (Å²) in [6.07, 6.45) is 1.15. The van der Waals surface area contributed by atoms with Crippen LogP contribution in [0.3, 0.4) is 0 Å². The van der Waals surface area contributed by atoms with Crippen LogP contribution in [0.1, 0.15) is 52.2 Å². The first-order chi connectivity index (χ1) is 12.6. The van der Waals surface area contributed by atoms with E-state index >= 15 is 0 Å². The molecule has 1 heterocycles. The zero-order valence-electron chi connectivity index (χ0n) is 17.2. The van der Waals surface area contributed by atoms with Gasteiger partial charge in [-0.2, -0.15) is 0 Å². The van der Waals surface area contributed by atoms with Crippen LogP contribution >= 0.6 is 0 Å². The van der Waals surface area contributed by atoms with Crippen LogP contribution in [-0.4, -0.2) is 45.0 Å². The van der Waals surface area contributed by atoms with Gasteiger partial charge in [0, 0.05) is 25.7 Å². The Kier molecular flexibility index (Phi) is 7.28. The Balaban J connectivity index is 2.17. The van der Waals surface area contributed by atoms with Crippen LogP contribution in [0.2, 0.25) is 0 Å². The number of guanidine groups is 1. The highest BCUT2D eigenvalue weighted by Crippen LogP contribution is 2.28. The van der Waals surface area contributed by atoms with E-state index in [1.807, 2.05) is 38.1 Å². The van der Waals surface area contributed by atoms with Gasteiger partial charge in [-0.05, 0) is 43.7 Å². The summed E-state index contributed by atoms with van der Waals surface area (Å²) in [7, 11) is -3.36. The lowest BCUT2D eigenvalue weighted by Gasteiger charge is -2.23. The Hall–Kier alpha value is -1.60. The average Bonchev–Trinajstić information content (AvgIpc) is 2.91. The number of benzene rings is 1. The molecule has 1 aliphatic rings. The average molecular weight is 395 g/mol. The summed E-state index contributed by atoms with van der Waals surface area (Å²) in [6, 6.07) is 7.53. The monoisotopic (exact) mass is 394 g/mol. The summed E-state index contributed by atoms with van der Waals surface area (Å²) >= 11 is 0. The molecule has 0 aromatic heterocycles. The molecular formula is C20H34N4O2S. The van der Waals surface area contributed by atoms with E-state index in [1.165, 1.54) is 0 Å². The van der Waals surface area contributed by atoms with E-state index in [0.717, 1.165) is 43.1 Å². The van der Waals surface area contributed by atoms with Gasteiger partial charge >= 0.3 is 0 Å². The summed E-state index contributed by atoms with van der Waals surface area (Å²) in [5.74, 6) is 0.880. The zero-order valence-corrected chi connectivity index (χ0v) is 18.1. The van der Waals surface area contributed by atoms with Crippen molar-refractivity contribution < 1.29 is 8.42 Å². The van der Waals surface area contributed by atoms with Crippen LogP contribution < -0.4 is 10.0 Å². The second-order valence-electron chi connectivity index (χ2n) is 8.31. The number of likely N-dealkylation sites (tertiary alicyclic amines) is 1. The first-order valence-electron chi connectivity index (χ1n) is 9.72. The summed E-state index contributed by atoms with van der Waals surface area (Å²) in [6.45, 7) is 13.5. The molecular weight excluding hydrogens is 360 g/mol. The van der Waals surface area contributed by atoms with Gasteiger partial charge in [-0.3, -0.25) is 0 Å². The summed E-state index contributed by atoms with van der Waals surface area (Å²) < 4.78 is 27.3. The molecule has 0 radical (unpaired) electrons. The molecule has 2 rings (SSSR count). The predicted molar refractivity (Wildman–Crippen MR) is 112 cm³/mol. The lowest BCUT2D eigenvalue weighted by Crippen LogP contribution is -2.40. The van der Waals surface area contributed by atoms with E-state index in [1.54, 1.807) is 0 Å². The highest BCUT2D eigenvalue weighted by Gasteiger charge is 2.30. The van der Waals surface area contributed by atoms with Gasteiger partial charge in [0.1, 0.15) is 0 Å². The van der Waals surface area contributed by atoms with Gasteiger partial charge in [-0.1, -0.05) is 38.1 Å². The Bertz CT molecular complexity index is 757. The molecule has 1 fully saturated rings. The predicted octanol–water partition coefficient (Wildman–Crippen LogP) is 2.71. The third kappa shape index (κ3) is 6.81. The molecule has 152 valence electrons. The molecule has 0 atom stereocenters. The van der Waals surface area contributed by atoms with Crippen molar-refractivity contribution in [2.75, 3.05) is 19.6 Å². The van der Waals surface area contributed by atoms with E-state index in [9.17, 15) is 8.42 Å². The minimum atomic E-state index is -3.36. The highest BCUT2D eigenvalue weighted by atomic mass is 32.2. The number of hydrogen-bond donors (Lipinski definition) is 2. The number of sulfonamides is 1. The molecule has 1 aromatic rings. The molecule has 27 heavy (non-hydrogen) atoms. The van der Waals surface area contributed by atoms with Crippen molar-refractivity contribution in [3.05, 3.63) is 35.4 Å². The van der Waals surface area contributed by atoms with Gasteiger partial charge in [0.25, 0.3) is 0 Å². The zero-order chi connectivity index (χ0) is 20.1. The molecule has 0 saturated carbocycles. The van der Waals surface area contributed by atoms with E-state index in [2.05, 4.69) is 35.7 Å². The van der Waals surface area contributed by atoms with Crippen LogP contribution in [-0.2, 0) is 22.3 Å². The summed E-state index contributed by atoms with van der Waals surface area (Å²) in [4.78, 5) is 7.09. The van der Waals surface area contributed by atoms with Crippen LogP contribution in [0, 0.1) is 5.41 Å². The van der Waals surface area contributed by atoms with Crippen molar-refractivity contribution in [3.63, 3.8) is 0 Å². The number of nitrogens with one attached hydrogen (secondary N) is 2. The lowest BCUT2D eigenvalue weighted by molar-refractivity contribution is 0.370. The minimum Gasteiger partial charge on any atom is -0.357 e. The first-order valence-corrected chi connectivity index (χ1v) is 11.4. The molecule has 1 aliphatic heterocycles. The van der Waals surface area contributed by atoms with Crippen molar-refractivity contribution >= 4 is 16.0 Å². The molecule has 6 nitrogen and oxygen atoms in total. The van der Waals surface area contributed by atoms with Gasteiger partial charge in [-0.25, -0.2) is 18.1 Å². The van der Waals surface area contributed by atoms with Crippen molar-refractivity contribution in [1.29, 1.82) is 0 Å². The van der Waals surface area contributed by atoms with Crippen molar-refractivity contribution in [2.45, 2.75) is 59.4 Å². The second-order valence-corrected chi connectivity index (χ2v) is 10.1. The van der Waals surface area contributed by atoms with E-state index in [0.29, 0.717) is 12.0 Å². The molecule has 0 bridgehead atoms. The van der Waals surface area contributed by atoms with Crippen molar-refractivity contribution in [1.82, 2.24) is 14.9 Å². The van der Waals surface area contributed by atoms with Crippen molar-refractivity contribution in [3.8, 4) is 0 Å².